The topological polar surface area (TPSA) is 87.4 Å². The van der Waals surface area contributed by atoms with Gasteiger partial charge in [-0.05, 0) is 36.1 Å². The van der Waals surface area contributed by atoms with E-state index in [1.807, 2.05) is 24.3 Å². The molecule has 25 heavy (non-hydrogen) atoms. The Morgan fingerprint density at radius 2 is 2.16 bits per heavy atom. The van der Waals surface area contributed by atoms with Crippen LogP contribution in [0.4, 0.5) is 10.5 Å². The highest BCUT2D eigenvalue weighted by Crippen LogP contribution is 2.36. The van der Waals surface area contributed by atoms with Crippen LogP contribution in [-0.2, 0) is 12.0 Å². The molecule has 0 fully saturated rings. The number of aliphatic hydroxyl groups excluding tert-OH is 1. The molecule has 1 heterocycles. The standard InChI is InChI=1S/C19H19N3O3/c1-12-20-16-7-6-14(10-17(16)25-12)21-18(24)22-19(11-23)9-8-13-4-2-3-5-15(13)19/h2-7,10,23H,8-9,11H2,1H3,(H2,21,22,24). The second kappa shape index (κ2) is 5.89. The van der Waals surface area contributed by atoms with Gasteiger partial charge in [-0.25, -0.2) is 9.78 Å². The third kappa shape index (κ3) is 2.74. The molecule has 2 aromatic carbocycles. The van der Waals surface area contributed by atoms with Crippen LogP contribution in [0.3, 0.4) is 0 Å². The Morgan fingerprint density at radius 1 is 1.32 bits per heavy atom. The molecule has 0 saturated heterocycles. The molecule has 1 aromatic heterocycles. The molecule has 3 N–H and O–H groups in total. The first-order valence-electron chi connectivity index (χ1n) is 8.25. The predicted octanol–water partition coefficient (Wildman–Crippen LogP) is 3.09. The number of aliphatic hydroxyl groups is 1. The molecule has 0 radical (unpaired) electrons. The van der Waals surface area contributed by atoms with Crippen LogP contribution in [0.1, 0.15) is 23.4 Å². The van der Waals surface area contributed by atoms with E-state index in [1.165, 1.54) is 0 Å². The molecule has 6 nitrogen and oxygen atoms in total. The second-order valence-corrected chi connectivity index (χ2v) is 6.39. The summed E-state index contributed by atoms with van der Waals surface area (Å²) < 4.78 is 5.49. The Kier molecular flexibility index (Phi) is 3.69. The molecular formula is C19H19N3O3. The summed E-state index contributed by atoms with van der Waals surface area (Å²) in [6.07, 6.45) is 1.51. The van der Waals surface area contributed by atoms with Crippen LogP contribution in [-0.4, -0.2) is 22.7 Å². The van der Waals surface area contributed by atoms with Crippen LogP contribution in [0.15, 0.2) is 46.9 Å². The Hall–Kier alpha value is -2.86. The highest BCUT2D eigenvalue weighted by Gasteiger charge is 2.39. The maximum absolute atomic E-state index is 12.5. The lowest BCUT2D eigenvalue weighted by Gasteiger charge is -2.29. The molecule has 4 rings (SSSR count). The molecule has 1 unspecified atom stereocenters. The Labute approximate surface area is 144 Å². The van der Waals surface area contributed by atoms with Gasteiger partial charge in [0.25, 0.3) is 0 Å². The molecule has 3 aromatic rings. The molecule has 1 aliphatic carbocycles. The number of nitrogens with one attached hydrogen (secondary N) is 2. The number of benzene rings is 2. The minimum atomic E-state index is -0.742. The van der Waals surface area contributed by atoms with Crippen molar-refractivity contribution in [1.82, 2.24) is 10.3 Å². The quantitative estimate of drug-likeness (QED) is 0.685. The number of fused-ring (bicyclic) bond motifs is 2. The first-order valence-corrected chi connectivity index (χ1v) is 8.25. The zero-order valence-corrected chi connectivity index (χ0v) is 13.9. The third-order valence-corrected chi connectivity index (χ3v) is 4.73. The number of carbonyl (C=O) groups excluding carboxylic acids is 1. The lowest BCUT2D eigenvalue weighted by Crippen LogP contribution is -2.48. The van der Waals surface area contributed by atoms with Crippen molar-refractivity contribution in [3.05, 3.63) is 59.5 Å². The number of aromatic nitrogens is 1. The lowest BCUT2D eigenvalue weighted by atomic mass is 9.93. The summed E-state index contributed by atoms with van der Waals surface area (Å²) >= 11 is 0. The summed E-state index contributed by atoms with van der Waals surface area (Å²) in [6.45, 7) is 1.64. The predicted molar refractivity (Wildman–Crippen MR) is 94.4 cm³/mol. The fourth-order valence-electron chi connectivity index (χ4n) is 3.52. The second-order valence-electron chi connectivity index (χ2n) is 6.39. The highest BCUT2D eigenvalue weighted by molar-refractivity contribution is 5.92. The van der Waals surface area contributed by atoms with Crippen molar-refractivity contribution in [2.75, 3.05) is 11.9 Å². The number of nitrogens with zero attached hydrogens (tertiary/aromatic N) is 1. The number of urea groups is 1. The van der Waals surface area contributed by atoms with Gasteiger partial charge >= 0.3 is 6.03 Å². The van der Waals surface area contributed by atoms with E-state index >= 15 is 0 Å². The van der Waals surface area contributed by atoms with Gasteiger partial charge in [0.15, 0.2) is 11.5 Å². The number of oxazole rings is 1. The van der Waals surface area contributed by atoms with Gasteiger partial charge < -0.3 is 20.2 Å². The largest absolute Gasteiger partial charge is 0.441 e. The van der Waals surface area contributed by atoms with Gasteiger partial charge in [0.2, 0.25) is 0 Å². The number of anilines is 1. The Morgan fingerprint density at radius 3 is 3.00 bits per heavy atom. The van der Waals surface area contributed by atoms with Crippen molar-refractivity contribution >= 4 is 22.8 Å². The van der Waals surface area contributed by atoms with Crippen LogP contribution in [0.5, 0.6) is 0 Å². The third-order valence-electron chi connectivity index (χ3n) is 4.73. The van der Waals surface area contributed by atoms with Gasteiger partial charge in [0.1, 0.15) is 5.52 Å². The van der Waals surface area contributed by atoms with Crippen molar-refractivity contribution in [3.8, 4) is 0 Å². The molecule has 1 aliphatic rings. The average molecular weight is 337 g/mol. The molecule has 128 valence electrons. The van der Waals surface area contributed by atoms with Gasteiger partial charge in [-0.1, -0.05) is 24.3 Å². The molecule has 2 amide bonds. The number of amides is 2. The summed E-state index contributed by atoms with van der Waals surface area (Å²) in [4.78, 5) is 16.7. The van der Waals surface area contributed by atoms with Crippen LogP contribution in [0.2, 0.25) is 0 Å². The van der Waals surface area contributed by atoms with E-state index in [9.17, 15) is 9.90 Å². The van der Waals surface area contributed by atoms with E-state index in [0.29, 0.717) is 23.6 Å². The van der Waals surface area contributed by atoms with E-state index in [1.54, 1.807) is 25.1 Å². The van der Waals surface area contributed by atoms with Crippen LogP contribution < -0.4 is 10.6 Å². The van der Waals surface area contributed by atoms with E-state index in [-0.39, 0.29) is 12.6 Å². The molecular weight excluding hydrogens is 318 g/mol. The first-order chi connectivity index (χ1) is 12.1. The van der Waals surface area contributed by atoms with E-state index in [4.69, 9.17) is 4.42 Å². The number of aryl methyl sites for hydroxylation is 2. The molecule has 1 atom stereocenters. The normalized spacial score (nSPS) is 19.0. The van der Waals surface area contributed by atoms with Gasteiger partial charge in [-0.15, -0.1) is 0 Å². The Bertz CT molecular complexity index is 950. The summed E-state index contributed by atoms with van der Waals surface area (Å²) in [5, 5.41) is 15.7. The van der Waals surface area contributed by atoms with Crippen LogP contribution in [0.25, 0.3) is 11.1 Å². The number of hydrogen-bond donors (Lipinski definition) is 3. The fraction of sp³-hybridized carbons (Fsp3) is 0.263. The van der Waals surface area contributed by atoms with Crippen molar-refractivity contribution < 1.29 is 14.3 Å². The zero-order chi connectivity index (χ0) is 17.4. The van der Waals surface area contributed by atoms with Crippen molar-refractivity contribution in [2.45, 2.75) is 25.3 Å². The molecule has 0 spiro atoms. The van der Waals surface area contributed by atoms with Crippen LogP contribution >= 0.6 is 0 Å². The number of hydrogen-bond acceptors (Lipinski definition) is 4. The molecule has 0 bridgehead atoms. The molecule has 0 saturated carbocycles. The Balaban J connectivity index is 1.54. The van der Waals surface area contributed by atoms with E-state index in [0.717, 1.165) is 23.1 Å². The zero-order valence-electron chi connectivity index (χ0n) is 13.9. The lowest BCUT2D eigenvalue weighted by molar-refractivity contribution is 0.164. The van der Waals surface area contributed by atoms with E-state index in [2.05, 4.69) is 15.6 Å². The molecule has 6 heteroatoms. The average Bonchev–Trinajstić information content (AvgIpc) is 3.15. The monoisotopic (exact) mass is 337 g/mol. The molecule has 0 aliphatic heterocycles. The van der Waals surface area contributed by atoms with E-state index < -0.39 is 5.54 Å². The van der Waals surface area contributed by atoms with Gasteiger partial charge in [-0.3, -0.25) is 0 Å². The maximum Gasteiger partial charge on any atom is 0.320 e. The van der Waals surface area contributed by atoms with Gasteiger partial charge in [0, 0.05) is 18.7 Å². The minimum absolute atomic E-state index is 0.141. The fourth-order valence-corrected chi connectivity index (χ4v) is 3.52. The van der Waals surface area contributed by atoms with Crippen molar-refractivity contribution in [3.63, 3.8) is 0 Å². The van der Waals surface area contributed by atoms with Crippen molar-refractivity contribution in [2.24, 2.45) is 0 Å². The first kappa shape index (κ1) is 15.7. The minimum Gasteiger partial charge on any atom is -0.441 e. The maximum atomic E-state index is 12.5. The number of carbonyl (C=O) groups is 1. The summed E-state index contributed by atoms with van der Waals surface area (Å²) in [6, 6.07) is 12.8. The SMILES string of the molecule is Cc1nc2ccc(NC(=O)NC3(CO)CCc4ccccc43)cc2o1. The highest BCUT2D eigenvalue weighted by atomic mass is 16.3. The number of rotatable bonds is 3. The van der Waals surface area contributed by atoms with Gasteiger partial charge in [-0.2, -0.15) is 0 Å². The smallest absolute Gasteiger partial charge is 0.320 e. The summed E-state index contributed by atoms with van der Waals surface area (Å²) in [5.74, 6) is 0.582. The van der Waals surface area contributed by atoms with Crippen LogP contribution in [0, 0.1) is 6.92 Å². The van der Waals surface area contributed by atoms with Gasteiger partial charge in [0.05, 0.1) is 12.1 Å². The summed E-state index contributed by atoms with van der Waals surface area (Å²) in [5.41, 5.74) is 3.39. The van der Waals surface area contributed by atoms with Crippen molar-refractivity contribution in [1.29, 1.82) is 0 Å². The summed E-state index contributed by atoms with van der Waals surface area (Å²) in [7, 11) is 0.